The Morgan fingerprint density at radius 3 is 2.48 bits per heavy atom. The second-order valence-corrected chi connectivity index (χ2v) is 5.27. The smallest absolute Gasteiger partial charge is 0.329 e. The number of benzene rings is 1. The maximum absolute atomic E-state index is 12.4. The molecule has 0 spiro atoms. The first-order chi connectivity index (χ1) is 12.0. The lowest BCUT2D eigenvalue weighted by atomic mass is 10.1. The number of methoxy groups -OCH3 is 2. The highest BCUT2D eigenvalue weighted by atomic mass is 16.5. The molecule has 1 aromatic carbocycles. The van der Waals surface area contributed by atoms with Gasteiger partial charge in [-0.3, -0.25) is 14.4 Å². The minimum absolute atomic E-state index is 0.00979. The summed E-state index contributed by atoms with van der Waals surface area (Å²) in [4.78, 5) is 48.1. The number of carbonyl (C=O) groups excluding carboxylic acids is 4. The molecule has 2 rings (SSSR count). The van der Waals surface area contributed by atoms with Gasteiger partial charge in [-0.25, -0.2) is 9.69 Å². The van der Waals surface area contributed by atoms with Gasteiger partial charge in [-0.05, 0) is 30.7 Å². The molecule has 0 aliphatic carbocycles. The van der Waals surface area contributed by atoms with E-state index in [1.54, 1.807) is 24.3 Å². The summed E-state index contributed by atoms with van der Waals surface area (Å²) in [5, 5.41) is 4.92. The molecule has 0 saturated carbocycles. The quantitative estimate of drug-likeness (QED) is 0.536. The maximum atomic E-state index is 12.4. The summed E-state index contributed by atoms with van der Waals surface area (Å²) in [6.45, 7) is -0.238. The van der Waals surface area contributed by atoms with Gasteiger partial charge >= 0.3 is 12.0 Å². The largest absolute Gasteiger partial charge is 0.497 e. The third-order valence-electron chi connectivity index (χ3n) is 3.67. The van der Waals surface area contributed by atoms with Gasteiger partial charge in [0.2, 0.25) is 5.91 Å². The van der Waals surface area contributed by atoms with Crippen LogP contribution in [0.4, 0.5) is 10.5 Å². The van der Waals surface area contributed by atoms with E-state index in [1.807, 2.05) is 0 Å². The van der Waals surface area contributed by atoms with Crippen LogP contribution in [0.3, 0.4) is 0 Å². The van der Waals surface area contributed by atoms with Crippen LogP contribution in [0.1, 0.15) is 12.8 Å². The Kier molecular flexibility index (Phi) is 5.93. The van der Waals surface area contributed by atoms with Crippen LogP contribution in [-0.4, -0.2) is 50.6 Å². The molecule has 0 bridgehead atoms. The SMILES string of the molecule is COC(=O)CNC(=O)CC[C@H]1NC(=O)N(c2ccc(OC)cc2)C1=O. The molecular weight excluding hydrogens is 330 g/mol. The summed E-state index contributed by atoms with van der Waals surface area (Å²) in [5.41, 5.74) is 0.418. The van der Waals surface area contributed by atoms with E-state index in [9.17, 15) is 19.2 Å². The first-order valence-corrected chi connectivity index (χ1v) is 7.58. The van der Waals surface area contributed by atoms with Crippen LogP contribution in [0.5, 0.6) is 5.75 Å². The van der Waals surface area contributed by atoms with Crippen LogP contribution < -0.4 is 20.3 Å². The number of urea groups is 1. The van der Waals surface area contributed by atoms with Crippen LogP contribution in [-0.2, 0) is 19.1 Å². The van der Waals surface area contributed by atoms with Crippen LogP contribution >= 0.6 is 0 Å². The Hall–Kier alpha value is -3.10. The number of anilines is 1. The highest BCUT2D eigenvalue weighted by molar-refractivity contribution is 6.21. The van der Waals surface area contributed by atoms with Crippen LogP contribution in [0, 0.1) is 0 Å². The fraction of sp³-hybridized carbons (Fsp3) is 0.375. The van der Waals surface area contributed by atoms with Gasteiger partial charge in [0.1, 0.15) is 18.3 Å². The number of hydrogen-bond acceptors (Lipinski definition) is 6. The number of amides is 4. The molecule has 4 amide bonds. The van der Waals surface area contributed by atoms with E-state index < -0.39 is 29.9 Å². The first kappa shape index (κ1) is 18.2. The zero-order valence-corrected chi connectivity index (χ0v) is 13.9. The molecule has 9 nitrogen and oxygen atoms in total. The van der Waals surface area contributed by atoms with Crippen LogP contribution in [0.2, 0.25) is 0 Å². The molecule has 1 fully saturated rings. The van der Waals surface area contributed by atoms with Crippen LogP contribution in [0.15, 0.2) is 24.3 Å². The van der Waals surface area contributed by atoms with Crippen molar-refractivity contribution in [3.63, 3.8) is 0 Å². The lowest BCUT2D eigenvalue weighted by molar-refractivity contribution is -0.141. The van der Waals surface area contributed by atoms with E-state index in [-0.39, 0.29) is 19.4 Å². The molecule has 25 heavy (non-hydrogen) atoms. The minimum atomic E-state index is -0.793. The van der Waals surface area contributed by atoms with E-state index in [0.717, 1.165) is 4.90 Å². The average molecular weight is 349 g/mol. The van der Waals surface area contributed by atoms with Crippen molar-refractivity contribution in [3.05, 3.63) is 24.3 Å². The summed E-state index contributed by atoms with van der Waals surface area (Å²) >= 11 is 0. The second-order valence-electron chi connectivity index (χ2n) is 5.27. The highest BCUT2D eigenvalue weighted by Gasteiger charge is 2.38. The lowest BCUT2D eigenvalue weighted by Crippen LogP contribution is -2.34. The van der Waals surface area contributed by atoms with Crippen LogP contribution in [0.25, 0.3) is 0 Å². The van der Waals surface area contributed by atoms with Crippen molar-refractivity contribution in [2.75, 3.05) is 25.7 Å². The summed E-state index contributed by atoms with van der Waals surface area (Å²) in [7, 11) is 2.74. The fourth-order valence-electron chi connectivity index (χ4n) is 2.31. The van der Waals surface area contributed by atoms with E-state index in [4.69, 9.17) is 4.74 Å². The van der Waals surface area contributed by atoms with E-state index >= 15 is 0 Å². The van der Waals surface area contributed by atoms with Gasteiger partial charge in [0.25, 0.3) is 5.91 Å². The van der Waals surface area contributed by atoms with Gasteiger partial charge in [-0.2, -0.15) is 0 Å². The predicted molar refractivity (Wildman–Crippen MR) is 87.1 cm³/mol. The Morgan fingerprint density at radius 1 is 1.20 bits per heavy atom. The molecule has 0 radical (unpaired) electrons. The number of esters is 1. The Morgan fingerprint density at radius 2 is 1.88 bits per heavy atom. The molecule has 1 aromatic rings. The molecule has 1 atom stereocenters. The van der Waals surface area contributed by atoms with Crippen molar-refractivity contribution < 1.29 is 28.7 Å². The molecule has 9 heteroatoms. The standard InChI is InChI=1S/C16H19N3O6/c1-24-11-5-3-10(4-6-11)19-15(22)12(18-16(19)23)7-8-13(20)17-9-14(21)25-2/h3-6,12H,7-9H2,1-2H3,(H,17,20)(H,18,23)/t12-/m1/s1. The lowest BCUT2D eigenvalue weighted by Gasteiger charge is -2.13. The highest BCUT2D eigenvalue weighted by Crippen LogP contribution is 2.23. The predicted octanol–water partition coefficient (Wildman–Crippen LogP) is 0.189. The zero-order chi connectivity index (χ0) is 18.4. The van der Waals surface area contributed by atoms with Gasteiger partial charge in [-0.1, -0.05) is 0 Å². The normalized spacial score (nSPS) is 16.4. The number of rotatable bonds is 7. The number of nitrogens with one attached hydrogen (secondary N) is 2. The van der Waals surface area contributed by atoms with Gasteiger partial charge in [0.15, 0.2) is 0 Å². The number of ether oxygens (including phenoxy) is 2. The molecule has 1 aliphatic heterocycles. The van der Waals surface area contributed by atoms with Crippen molar-refractivity contribution >= 4 is 29.5 Å². The number of nitrogens with zero attached hydrogens (tertiary/aromatic N) is 1. The molecule has 134 valence electrons. The molecule has 1 saturated heterocycles. The molecular formula is C16H19N3O6. The van der Waals surface area contributed by atoms with Gasteiger partial charge < -0.3 is 20.1 Å². The number of hydrogen-bond donors (Lipinski definition) is 2. The fourth-order valence-corrected chi connectivity index (χ4v) is 2.31. The third-order valence-corrected chi connectivity index (χ3v) is 3.67. The zero-order valence-electron chi connectivity index (χ0n) is 13.9. The van der Waals surface area contributed by atoms with Gasteiger partial charge in [0, 0.05) is 6.42 Å². The molecule has 0 aromatic heterocycles. The molecule has 2 N–H and O–H groups in total. The van der Waals surface area contributed by atoms with Crippen molar-refractivity contribution in [3.8, 4) is 5.75 Å². The Labute approximate surface area is 144 Å². The maximum Gasteiger partial charge on any atom is 0.329 e. The van der Waals surface area contributed by atoms with Gasteiger partial charge in [0.05, 0.1) is 19.9 Å². The first-order valence-electron chi connectivity index (χ1n) is 7.58. The molecule has 1 heterocycles. The monoisotopic (exact) mass is 349 g/mol. The Balaban J connectivity index is 1.91. The number of carbonyl (C=O) groups is 4. The third kappa shape index (κ3) is 4.46. The Bertz CT molecular complexity index is 673. The van der Waals surface area contributed by atoms with Gasteiger partial charge in [-0.15, -0.1) is 0 Å². The van der Waals surface area contributed by atoms with Crippen molar-refractivity contribution in [2.24, 2.45) is 0 Å². The van der Waals surface area contributed by atoms with E-state index in [0.29, 0.717) is 11.4 Å². The van der Waals surface area contributed by atoms with Crippen molar-refractivity contribution in [1.29, 1.82) is 0 Å². The average Bonchev–Trinajstić information content (AvgIpc) is 2.91. The van der Waals surface area contributed by atoms with E-state index in [2.05, 4.69) is 15.4 Å². The minimum Gasteiger partial charge on any atom is -0.497 e. The van der Waals surface area contributed by atoms with Crippen molar-refractivity contribution in [1.82, 2.24) is 10.6 Å². The molecule has 0 unspecified atom stereocenters. The summed E-state index contributed by atoms with van der Waals surface area (Å²) < 4.78 is 9.45. The summed E-state index contributed by atoms with van der Waals surface area (Å²) in [6, 6.07) is 5.14. The topological polar surface area (TPSA) is 114 Å². The van der Waals surface area contributed by atoms with Crippen molar-refractivity contribution in [2.45, 2.75) is 18.9 Å². The number of imide groups is 1. The second kappa shape index (κ2) is 8.13. The summed E-state index contributed by atoms with van der Waals surface area (Å²) in [6.07, 6.45) is 0.119. The summed E-state index contributed by atoms with van der Waals surface area (Å²) in [5.74, 6) is -0.801. The van der Waals surface area contributed by atoms with E-state index in [1.165, 1.54) is 14.2 Å². The molecule has 1 aliphatic rings.